The fourth-order valence-corrected chi connectivity index (χ4v) is 3.54. The molecule has 4 aromatic rings. The van der Waals surface area contributed by atoms with E-state index in [1.54, 1.807) is 24.3 Å². The summed E-state index contributed by atoms with van der Waals surface area (Å²) >= 11 is 0. The molecule has 0 saturated carbocycles. The van der Waals surface area contributed by atoms with E-state index < -0.39 is 34.4 Å². The van der Waals surface area contributed by atoms with Crippen LogP contribution in [0.25, 0.3) is 17.1 Å². The maximum absolute atomic E-state index is 14.7. The van der Waals surface area contributed by atoms with Gasteiger partial charge in [0.1, 0.15) is 0 Å². The molecule has 11 heteroatoms. The average Bonchev–Trinajstić information content (AvgIpc) is 3.30. The topological polar surface area (TPSA) is 56.5 Å². The third-order valence-electron chi connectivity index (χ3n) is 5.66. The first-order valence-electron chi connectivity index (χ1n) is 11.0. The van der Waals surface area contributed by atoms with Gasteiger partial charge in [0.25, 0.3) is 0 Å². The molecule has 0 fully saturated rings. The second-order valence-electron chi connectivity index (χ2n) is 9.81. The number of halogens is 5. The van der Waals surface area contributed by atoms with Crippen molar-refractivity contribution < 1.29 is 43.0 Å². The molecule has 0 N–H and O–H groups in total. The van der Waals surface area contributed by atoms with E-state index in [1.165, 1.54) is 16.8 Å². The van der Waals surface area contributed by atoms with Crippen LogP contribution in [-0.2, 0) is 38.1 Å². The van der Waals surface area contributed by atoms with E-state index in [-0.39, 0.29) is 32.2 Å². The van der Waals surface area contributed by atoms with E-state index in [1.807, 2.05) is 34.6 Å². The van der Waals surface area contributed by atoms with E-state index in [9.17, 15) is 22.0 Å². The van der Waals surface area contributed by atoms with Crippen molar-refractivity contribution in [3.63, 3.8) is 0 Å². The van der Waals surface area contributed by atoms with Gasteiger partial charge in [0.05, 0.1) is 23.3 Å². The fourth-order valence-electron chi connectivity index (χ4n) is 3.54. The predicted octanol–water partition coefficient (Wildman–Crippen LogP) is 6.24. The maximum atomic E-state index is 14.7. The molecule has 0 aliphatic carbocycles. The van der Waals surface area contributed by atoms with Gasteiger partial charge >= 0.3 is 27.2 Å². The molecule has 0 saturated heterocycles. The van der Waals surface area contributed by atoms with Gasteiger partial charge in [-0.3, -0.25) is 13.8 Å². The third-order valence-corrected chi connectivity index (χ3v) is 5.66. The smallest absolute Gasteiger partial charge is 0.349 e. The van der Waals surface area contributed by atoms with Gasteiger partial charge < -0.3 is 14.6 Å². The molecule has 0 unspecified atom stereocenters. The minimum atomic E-state index is -5.20. The summed E-state index contributed by atoms with van der Waals surface area (Å²) in [5.41, 5.74) is -2.80. The van der Waals surface area contributed by atoms with Crippen molar-refractivity contribution in [1.82, 2.24) is 24.7 Å². The minimum absolute atomic E-state index is 0. The zero-order valence-corrected chi connectivity index (χ0v) is 22.8. The van der Waals surface area contributed by atoms with Crippen LogP contribution in [0.1, 0.15) is 57.4 Å². The molecule has 0 amide bonds. The SMILES string of the molecule is CC(C)(C)c1n[c-]n(-c2cccc(C(C)(C)c3cccc(-c4[c-]cc(F)c(C(F)(F)F)c4F)n3)n2)n1.[Pt+2]. The Labute approximate surface area is 225 Å². The van der Waals surface area contributed by atoms with Gasteiger partial charge in [-0.25, -0.2) is 5.10 Å². The molecule has 0 atom stereocenters. The van der Waals surface area contributed by atoms with Gasteiger partial charge in [-0.1, -0.05) is 50.6 Å². The summed E-state index contributed by atoms with van der Waals surface area (Å²) in [5.74, 6) is -2.44. The second kappa shape index (κ2) is 10.0. The molecule has 37 heavy (non-hydrogen) atoms. The standard InChI is InChI=1S/C26H22F5N5.Pt/c1-24(2,3)23-32-14-36(35-23)20-11-7-10-19(34-20)25(4,5)18-9-6-8-17(33-18)15-12-13-16(27)21(22(15)28)26(29,30)31;/h6-11,13H,1-5H3;/q-2;+2. The van der Waals surface area contributed by atoms with E-state index in [2.05, 4.69) is 32.4 Å². The summed E-state index contributed by atoms with van der Waals surface area (Å²) in [7, 11) is 0. The summed E-state index contributed by atoms with van der Waals surface area (Å²) in [6.45, 7) is 9.58. The van der Waals surface area contributed by atoms with Crippen molar-refractivity contribution in [3.8, 4) is 17.1 Å². The number of alkyl halides is 3. The number of benzene rings is 1. The molecule has 1 aromatic carbocycles. The first-order chi connectivity index (χ1) is 16.7. The van der Waals surface area contributed by atoms with Crippen molar-refractivity contribution >= 4 is 0 Å². The first kappa shape index (κ1) is 28.6. The Morgan fingerprint density at radius 2 is 1.49 bits per heavy atom. The van der Waals surface area contributed by atoms with Crippen LogP contribution in [0.5, 0.6) is 0 Å². The van der Waals surface area contributed by atoms with Crippen LogP contribution < -0.4 is 0 Å². The molecule has 5 nitrogen and oxygen atoms in total. The molecular weight excluding hydrogens is 672 g/mol. The molecule has 0 radical (unpaired) electrons. The largest absolute Gasteiger partial charge is 2.00 e. The van der Waals surface area contributed by atoms with Gasteiger partial charge in [-0.05, 0) is 37.1 Å². The Morgan fingerprint density at radius 3 is 2.08 bits per heavy atom. The molecule has 3 heterocycles. The molecule has 3 aromatic heterocycles. The molecular formula is C26H22F5N5Pt. The van der Waals surface area contributed by atoms with Crippen LogP contribution in [0.3, 0.4) is 0 Å². The molecule has 0 spiro atoms. The third kappa shape index (κ3) is 5.64. The number of rotatable bonds is 4. The fraction of sp³-hybridized carbons (Fsp3) is 0.308. The van der Waals surface area contributed by atoms with Gasteiger partial charge in [0, 0.05) is 28.7 Å². The van der Waals surface area contributed by atoms with Crippen molar-refractivity contribution in [3.05, 3.63) is 89.3 Å². The Bertz CT molecular complexity index is 1420. The number of hydrogen-bond donors (Lipinski definition) is 0. The van der Waals surface area contributed by atoms with Crippen molar-refractivity contribution in [2.75, 3.05) is 0 Å². The molecule has 0 aliphatic rings. The van der Waals surface area contributed by atoms with Gasteiger partial charge in [-0.15, -0.1) is 12.1 Å². The molecule has 196 valence electrons. The van der Waals surface area contributed by atoms with E-state index in [0.29, 0.717) is 29.1 Å². The molecule has 0 aliphatic heterocycles. The number of nitrogens with zero attached hydrogens (tertiary/aromatic N) is 5. The van der Waals surface area contributed by atoms with Crippen molar-refractivity contribution in [1.29, 1.82) is 0 Å². The van der Waals surface area contributed by atoms with Crippen LogP contribution in [0, 0.1) is 24.0 Å². The normalized spacial score (nSPS) is 12.4. The summed E-state index contributed by atoms with van der Waals surface area (Å²) < 4.78 is 69.5. The second-order valence-corrected chi connectivity index (χ2v) is 9.81. The Balaban J connectivity index is 0.00000380. The summed E-state index contributed by atoms with van der Waals surface area (Å²) in [6.07, 6.45) is -2.39. The molecule has 4 rings (SSSR count). The quantitative estimate of drug-likeness (QED) is 0.188. The zero-order chi connectivity index (χ0) is 26.5. The summed E-state index contributed by atoms with van der Waals surface area (Å²) in [6, 6.07) is 12.5. The van der Waals surface area contributed by atoms with Gasteiger partial charge in [0.2, 0.25) is 0 Å². The van der Waals surface area contributed by atoms with Crippen LogP contribution in [0.15, 0.2) is 42.5 Å². The van der Waals surface area contributed by atoms with Crippen molar-refractivity contribution in [2.45, 2.75) is 51.6 Å². The van der Waals surface area contributed by atoms with Crippen LogP contribution in [0.4, 0.5) is 22.0 Å². The first-order valence-corrected chi connectivity index (χ1v) is 11.0. The number of pyridine rings is 2. The monoisotopic (exact) mass is 694 g/mol. The van der Waals surface area contributed by atoms with E-state index >= 15 is 0 Å². The minimum Gasteiger partial charge on any atom is -0.349 e. The van der Waals surface area contributed by atoms with Gasteiger partial charge in [0.15, 0.2) is 0 Å². The van der Waals surface area contributed by atoms with Crippen molar-refractivity contribution in [2.24, 2.45) is 0 Å². The number of aromatic nitrogens is 5. The Hall–Kier alpha value is -3.00. The van der Waals surface area contributed by atoms with Crippen LogP contribution in [0.2, 0.25) is 0 Å². The maximum Gasteiger partial charge on any atom is 2.00 e. The van der Waals surface area contributed by atoms with Gasteiger partial charge in [-0.2, -0.15) is 13.2 Å². The summed E-state index contributed by atoms with van der Waals surface area (Å²) in [4.78, 5) is 13.3. The average molecular weight is 695 g/mol. The van der Waals surface area contributed by atoms with E-state index in [4.69, 9.17) is 0 Å². The zero-order valence-electron chi connectivity index (χ0n) is 20.5. The van der Waals surface area contributed by atoms with E-state index in [0.717, 1.165) is 0 Å². The van der Waals surface area contributed by atoms with Crippen LogP contribution >= 0.6 is 0 Å². The predicted molar refractivity (Wildman–Crippen MR) is 122 cm³/mol. The summed E-state index contributed by atoms with van der Waals surface area (Å²) in [5, 5.41) is 4.45. The molecule has 0 bridgehead atoms. The Kier molecular flexibility index (Phi) is 7.76. The van der Waals surface area contributed by atoms with Crippen LogP contribution in [-0.4, -0.2) is 24.7 Å². The number of hydrogen-bond acceptors (Lipinski definition) is 4. The Morgan fingerprint density at radius 1 is 0.865 bits per heavy atom.